The smallest absolute Gasteiger partial charge is 0.0632 e. The third kappa shape index (κ3) is 3.31. The van der Waals surface area contributed by atoms with Gasteiger partial charge in [-0.05, 0) is 26.8 Å². The predicted octanol–water partition coefficient (Wildman–Crippen LogP) is 1.93. The maximum absolute atomic E-state index is 10.1. The van der Waals surface area contributed by atoms with E-state index in [0.717, 1.165) is 19.0 Å². The van der Waals surface area contributed by atoms with Crippen molar-refractivity contribution in [1.82, 2.24) is 4.90 Å². The molecule has 16 heavy (non-hydrogen) atoms. The highest BCUT2D eigenvalue weighted by atomic mass is 32.2. The third-order valence-corrected chi connectivity index (χ3v) is 6.21. The molecule has 0 aromatic rings. The highest BCUT2D eigenvalue weighted by molar-refractivity contribution is 8.03. The molecule has 2 rings (SSSR count). The molecule has 4 heteroatoms. The van der Waals surface area contributed by atoms with Crippen LogP contribution in [0.15, 0.2) is 0 Å². The summed E-state index contributed by atoms with van der Waals surface area (Å²) in [5.41, 5.74) is -0.500. The van der Waals surface area contributed by atoms with Crippen LogP contribution in [0, 0.1) is 5.92 Å². The van der Waals surface area contributed by atoms with Gasteiger partial charge in [-0.2, -0.15) is 23.5 Å². The molecule has 2 nitrogen and oxygen atoms in total. The van der Waals surface area contributed by atoms with Crippen LogP contribution in [0.25, 0.3) is 0 Å². The average molecular weight is 261 g/mol. The van der Waals surface area contributed by atoms with Gasteiger partial charge < -0.3 is 5.11 Å². The zero-order valence-electron chi connectivity index (χ0n) is 10.3. The zero-order chi connectivity index (χ0) is 11.6. The maximum atomic E-state index is 10.1. The Bertz CT molecular complexity index is 222. The highest BCUT2D eigenvalue weighted by Gasteiger charge is 2.36. The molecule has 1 unspecified atom stereocenters. The molecule has 2 aliphatic rings. The molecule has 0 bridgehead atoms. The molecule has 0 aromatic carbocycles. The number of likely N-dealkylation sites (tertiary alicyclic amines) is 1. The summed E-state index contributed by atoms with van der Waals surface area (Å²) >= 11 is 4.19. The summed E-state index contributed by atoms with van der Waals surface area (Å²) in [5, 5.41) is 10.1. The maximum Gasteiger partial charge on any atom is 0.0632 e. The van der Waals surface area contributed by atoms with Crippen molar-refractivity contribution in [2.45, 2.75) is 31.9 Å². The molecule has 0 aliphatic carbocycles. The molecule has 2 saturated heterocycles. The Kier molecular flexibility index (Phi) is 4.50. The lowest BCUT2D eigenvalue weighted by Gasteiger charge is -2.29. The summed E-state index contributed by atoms with van der Waals surface area (Å²) in [6.07, 6.45) is 1.16. The Morgan fingerprint density at radius 1 is 1.19 bits per heavy atom. The molecule has 2 heterocycles. The van der Waals surface area contributed by atoms with Crippen molar-refractivity contribution in [3.8, 4) is 0 Å². The van der Waals surface area contributed by atoms with Crippen LogP contribution in [0.1, 0.15) is 20.3 Å². The Morgan fingerprint density at radius 2 is 1.81 bits per heavy atom. The van der Waals surface area contributed by atoms with Crippen LogP contribution in [0.2, 0.25) is 0 Å². The first-order valence-corrected chi connectivity index (χ1v) is 8.50. The minimum Gasteiger partial charge on any atom is -0.390 e. The molecule has 94 valence electrons. The summed E-state index contributed by atoms with van der Waals surface area (Å²) in [6.45, 7) is 6.19. The molecule has 2 aliphatic heterocycles. The van der Waals surface area contributed by atoms with Crippen LogP contribution < -0.4 is 0 Å². The first kappa shape index (κ1) is 13.1. The van der Waals surface area contributed by atoms with E-state index in [-0.39, 0.29) is 0 Å². The van der Waals surface area contributed by atoms with Crippen molar-refractivity contribution in [2.75, 3.05) is 36.1 Å². The summed E-state index contributed by atoms with van der Waals surface area (Å²) in [5.74, 6) is 5.65. The van der Waals surface area contributed by atoms with Gasteiger partial charge in [-0.3, -0.25) is 4.90 Å². The third-order valence-electron chi connectivity index (χ3n) is 3.73. The van der Waals surface area contributed by atoms with Crippen LogP contribution in [-0.2, 0) is 0 Å². The van der Waals surface area contributed by atoms with Gasteiger partial charge in [0.05, 0.1) is 5.60 Å². The Labute approximate surface area is 108 Å². The van der Waals surface area contributed by atoms with Gasteiger partial charge in [-0.25, -0.2) is 0 Å². The van der Waals surface area contributed by atoms with E-state index in [0.29, 0.717) is 5.92 Å². The van der Waals surface area contributed by atoms with Gasteiger partial charge >= 0.3 is 0 Å². The zero-order valence-corrected chi connectivity index (χ0v) is 11.9. The van der Waals surface area contributed by atoms with E-state index in [9.17, 15) is 5.11 Å². The quantitative estimate of drug-likeness (QED) is 0.820. The van der Waals surface area contributed by atoms with Crippen molar-refractivity contribution < 1.29 is 5.11 Å². The first-order valence-electron chi connectivity index (χ1n) is 6.19. The molecule has 1 atom stereocenters. The highest BCUT2D eigenvalue weighted by Crippen LogP contribution is 2.30. The van der Waals surface area contributed by atoms with E-state index >= 15 is 0 Å². The summed E-state index contributed by atoms with van der Waals surface area (Å²) < 4.78 is 0. The van der Waals surface area contributed by atoms with Gasteiger partial charge in [0, 0.05) is 41.5 Å². The normalized spacial score (nSPS) is 30.6. The molecule has 2 fully saturated rings. The van der Waals surface area contributed by atoms with Crippen molar-refractivity contribution >= 4 is 23.5 Å². The van der Waals surface area contributed by atoms with Crippen molar-refractivity contribution in [3.05, 3.63) is 0 Å². The summed E-state index contributed by atoms with van der Waals surface area (Å²) in [4.78, 5) is 2.61. The lowest BCUT2D eigenvalue weighted by atomic mass is 9.90. The van der Waals surface area contributed by atoms with E-state index < -0.39 is 5.60 Å². The van der Waals surface area contributed by atoms with Gasteiger partial charge in [0.1, 0.15) is 0 Å². The Balaban J connectivity index is 1.87. The number of aliphatic hydroxyl groups is 1. The standard InChI is InChI=1S/C12H23NOS2/c1-12(2,14)10-3-4-13(7-10)11-8-15-5-6-16-9-11/h10-11,14H,3-9H2,1-2H3. The van der Waals surface area contributed by atoms with E-state index in [4.69, 9.17) is 0 Å². The molecule has 1 N–H and O–H groups in total. The number of thioether (sulfide) groups is 2. The van der Waals surface area contributed by atoms with E-state index in [1.165, 1.54) is 29.6 Å². The van der Waals surface area contributed by atoms with Gasteiger partial charge in [-0.1, -0.05) is 0 Å². The molecule has 0 amide bonds. The first-order chi connectivity index (χ1) is 7.57. The van der Waals surface area contributed by atoms with Crippen LogP contribution in [0.4, 0.5) is 0 Å². The summed E-state index contributed by atoms with van der Waals surface area (Å²) in [7, 11) is 0. The molecule has 0 spiro atoms. The number of hydrogen-bond acceptors (Lipinski definition) is 4. The number of nitrogens with zero attached hydrogens (tertiary/aromatic N) is 1. The molecule has 0 saturated carbocycles. The minimum atomic E-state index is -0.500. The molecular formula is C12H23NOS2. The molecular weight excluding hydrogens is 238 g/mol. The van der Waals surface area contributed by atoms with E-state index in [1.54, 1.807) is 0 Å². The van der Waals surface area contributed by atoms with E-state index in [1.807, 2.05) is 13.8 Å². The van der Waals surface area contributed by atoms with Crippen molar-refractivity contribution in [2.24, 2.45) is 5.92 Å². The Hall–Kier alpha value is 0.620. The van der Waals surface area contributed by atoms with Crippen LogP contribution in [0.3, 0.4) is 0 Å². The predicted molar refractivity (Wildman–Crippen MR) is 74.4 cm³/mol. The SMILES string of the molecule is CC(C)(O)C1CCN(C2CSCCSC2)C1. The fraction of sp³-hybridized carbons (Fsp3) is 1.00. The van der Waals surface area contributed by atoms with Crippen LogP contribution in [-0.4, -0.2) is 57.8 Å². The van der Waals surface area contributed by atoms with Gasteiger partial charge in [0.15, 0.2) is 0 Å². The molecule has 0 aromatic heterocycles. The largest absolute Gasteiger partial charge is 0.390 e. The van der Waals surface area contributed by atoms with Gasteiger partial charge in [0.2, 0.25) is 0 Å². The molecule has 0 radical (unpaired) electrons. The topological polar surface area (TPSA) is 23.5 Å². The Morgan fingerprint density at radius 3 is 2.31 bits per heavy atom. The van der Waals surface area contributed by atoms with Crippen LogP contribution >= 0.6 is 23.5 Å². The lowest BCUT2D eigenvalue weighted by molar-refractivity contribution is 0.0200. The summed E-state index contributed by atoms with van der Waals surface area (Å²) in [6, 6.07) is 0.741. The van der Waals surface area contributed by atoms with Crippen molar-refractivity contribution in [3.63, 3.8) is 0 Å². The number of hydrogen-bond donors (Lipinski definition) is 1. The fourth-order valence-electron chi connectivity index (χ4n) is 2.51. The number of rotatable bonds is 2. The van der Waals surface area contributed by atoms with E-state index in [2.05, 4.69) is 28.4 Å². The van der Waals surface area contributed by atoms with Crippen LogP contribution in [0.5, 0.6) is 0 Å². The second-order valence-corrected chi connectivity index (χ2v) is 7.74. The van der Waals surface area contributed by atoms with Gasteiger partial charge in [0.25, 0.3) is 0 Å². The average Bonchev–Trinajstić information content (AvgIpc) is 2.55. The monoisotopic (exact) mass is 261 g/mol. The lowest BCUT2D eigenvalue weighted by Crippen LogP contribution is -2.39. The minimum absolute atomic E-state index is 0.464. The fourth-order valence-corrected chi connectivity index (χ4v) is 5.14. The van der Waals surface area contributed by atoms with Crippen molar-refractivity contribution in [1.29, 1.82) is 0 Å². The second-order valence-electron chi connectivity index (χ2n) is 5.44. The van der Waals surface area contributed by atoms with Gasteiger partial charge in [-0.15, -0.1) is 0 Å². The second kappa shape index (κ2) is 5.51.